The van der Waals surface area contributed by atoms with Gasteiger partial charge in [0.05, 0.1) is 26.5 Å². The van der Waals surface area contributed by atoms with Crippen molar-refractivity contribution in [1.82, 2.24) is 4.98 Å². The van der Waals surface area contributed by atoms with Crippen molar-refractivity contribution >= 4 is 48.7 Å². The van der Waals surface area contributed by atoms with Crippen LogP contribution >= 0.6 is 31.9 Å². The van der Waals surface area contributed by atoms with E-state index in [0.29, 0.717) is 45.5 Å². The Bertz CT molecular complexity index is 1220. The smallest absolute Gasteiger partial charge is 0.317 e. The zero-order valence-corrected chi connectivity index (χ0v) is 22.1. The Labute approximate surface area is 222 Å². The quantitative estimate of drug-likeness (QED) is 0.282. The van der Waals surface area contributed by atoms with Crippen molar-refractivity contribution in [1.29, 1.82) is 0 Å². The van der Waals surface area contributed by atoms with Gasteiger partial charge in [0.15, 0.2) is 6.10 Å². The van der Waals surface area contributed by atoms with Crippen molar-refractivity contribution in [2.24, 2.45) is 22.9 Å². The minimum absolute atomic E-state index is 0.234. The molecule has 1 saturated heterocycles. The van der Waals surface area contributed by atoms with Crippen LogP contribution in [0.4, 0.5) is 0 Å². The standard InChI is InChI=1S/C24H24Br2N2O8/c25-13-7-14-16(17(26)21(13)34-9-12-10-5-3-1-2-4-6-11(10)12)15(8-27-14)35-24-20(31)18(29)19(30)22(36-24)23(32)28-33/h7-8,10-12,18-20,22,24,27,29-31H,3-6,9H2/t10-,11+,12?,18-,19-,20+,22-,24+/m0/s1. The van der Waals surface area contributed by atoms with Crippen LogP contribution in [-0.2, 0) is 9.53 Å². The highest BCUT2D eigenvalue weighted by atomic mass is 79.9. The molecule has 1 unspecified atom stereocenters. The molecule has 2 fully saturated rings. The number of nitrogens with zero attached hydrogens (tertiary/aromatic N) is 1. The van der Waals surface area contributed by atoms with Gasteiger partial charge in [0.2, 0.25) is 6.29 Å². The van der Waals surface area contributed by atoms with Gasteiger partial charge >= 0.3 is 5.91 Å². The Kier molecular flexibility index (Phi) is 7.40. The van der Waals surface area contributed by atoms with Gasteiger partial charge in [0, 0.05) is 24.2 Å². The van der Waals surface area contributed by atoms with Gasteiger partial charge in [-0.3, -0.25) is 4.79 Å². The third kappa shape index (κ3) is 4.68. The molecule has 8 atom stereocenters. The molecule has 3 aliphatic rings. The van der Waals surface area contributed by atoms with Gasteiger partial charge in [-0.15, -0.1) is 16.7 Å². The molecule has 1 aromatic heterocycles. The number of aliphatic hydroxyl groups is 3. The Morgan fingerprint density at radius 2 is 1.83 bits per heavy atom. The highest BCUT2D eigenvalue weighted by Gasteiger charge is 2.50. The number of fused-ring (bicyclic) bond motifs is 2. The topological polar surface area (TPSA) is 151 Å². The second kappa shape index (κ2) is 10.4. The van der Waals surface area contributed by atoms with E-state index in [9.17, 15) is 25.0 Å². The van der Waals surface area contributed by atoms with Crippen LogP contribution in [0.5, 0.6) is 11.5 Å². The van der Waals surface area contributed by atoms with Gasteiger partial charge in [-0.1, -0.05) is 0 Å². The minimum Gasteiger partial charge on any atom is -0.491 e. The molecule has 10 nitrogen and oxygen atoms in total. The van der Waals surface area contributed by atoms with E-state index in [1.165, 1.54) is 6.20 Å². The molecular weight excluding hydrogens is 604 g/mol. The molecule has 1 aromatic carbocycles. The van der Waals surface area contributed by atoms with Crippen molar-refractivity contribution in [2.45, 2.75) is 56.4 Å². The van der Waals surface area contributed by atoms with Crippen molar-refractivity contribution in [3.8, 4) is 23.3 Å². The molecule has 36 heavy (non-hydrogen) atoms. The first kappa shape index (κ1) is 25.6. The van der Waals surface area contributed by atoms with E-state index in [1.807, 2.05) is 6.07 Å². The van der Waals surface area contributed by atoms with Gasteiger partial charge in [-0.25, -0.2) is 0 Å². The molecule has 4 N–H and O–H groups in total. The van der Waals surface area contributed by atoms with E-state index in [1.54, 1.807) is 0 Å². The van der Waals surface area contributed by atoms with Crippen molar-refractivity contribution in [2.75, 3.05) is 6.61 Å². The number of nitroso groups, excluding NO2 is 1. The van der Waals surface area contributed by atoms with Crippen LogP contribution in [0.1, 0.15) is 25.7 Å². The summed E-state index contributed by atoms with van der Waals surface area (Å²) >= 11 is 7.17. The number of aromatic nitrogens is 1. The summed E-state index contributed by atoms with van der Waals surface area (Å²) in [4.78, 5) is 25.5. The lowest BCUT2D eigenvalue weighted by Gasteiger charge is -2.38. The van der Waals surface area contributed by atoms with Crippen LogP contribution in [0.2, 0.25) is 0 Å². The number of benzene rings is 1. The minimum atomic E-state index is -1.83. The Balaban J connectivity index is 1.35. The van der Waals surface area contributed by atoms with E-state index in [0.717, 1.165) is 30.2 Å². The summed E-state index contributed by atoms with van der Waals surface area (Å²) in [6, 6.07) is 1.82. The maximum absolute atomic E-state index is 11.7. The molecule has 0 radical (unpaired) electrons. The van der Waals surface area contributed by atoms with Gasteiger partial charge in [0.1, 0.15) is 29.8 Å². The summed E-state index contributed by atoms with van der Waals surface area (Å²) in [7, 11) is 0. The first-order chi connectivity index (χ1) is 17.3. The molecule has 0 bridgehead atoms. The zero-order chi connectivity index (χ0) is 25.6. The Morgan fingerprint density at radius 1 is 1.14 bits per heavy atom. The summed E-state index contributed by atoms with van der Waals surface area (Å²) in [5.74, 6) is 7.67. The Hall–Kier alpha value is -2.01. The molecule has 12 heteroatoms. The van der Waals surface area contributed by atoms with Crippen LogP contribution in [0.3, 0.4) is 0 Å². The molecule has 192 valence electrons. The second-order valence-electron chi connectivity index (χ2n) is 9.25. The summed E-state index contributed by atoms with van der Waals surface area (Å²) in [5, 5.41) is 33.4. The zero-order valence-electron chi connectivity index (χ0n) is 18.9. The number of hydrogen-bond donors (Lipinski definition) is 4. The fourth-order valence-corrected chi connectivity index (χ4v) is 6.73. The van der Waals surface area contributed by atoms with Crippen LogP contribution in [-0.4, -0.2) is 63.5 Å². The second-order valence-corrected chi connectivity index (χ2v) is 10.9. The molecule has 0 spiro atoms. The van der Waals surface area contributed by atoms with Crippen LogP contribution in [0, 0.1) is 34.5 Å². The molecule has 1 saturated carbocycles. The van der Waals surface area contributed by atoms with E-state index >= 15 is 0 Å². The lowest BCUT2D eigenvalue weighted by atomic mass is 9.98. The monoisotopic (exact) mass is 626 g/mol. The van der Waals surface area contributed by atoms with E-state index in [4.69, 9.17) is 14.2 Å². The fourth-order valence-electron chi connectivity index (χ4n) is 5.18. The predicted octanol–water partition coefficient (Wildman–Crippen LogP) is 2.99. The number of rotatable bonds is 6. The number of halogens is 2. The van der Waals surface area contributed by atoms with E-state index in [-0.39, 0.29) is 5.75 Å². The first-order valence-electron chi connectivity index (χ1n) is 11.6. The normalized spacial score (nSPS) is 33.5. The molecule has 2 aliphatic carbocycles. The van der Waals surface area contributed by atoms with E-state index in [2.05, 4.69) is 53.9 Å². The number of nitrogens with one attached hydrogen (secondary N) is 1. The number of carbonyl (C=O) groups excluding carboxylic acids is 1. The maximum atomic E-state index is 11.7. The first-order valence-corrected chi connectivity index (χ1v) is 13.2. The van der Waals surface area contributed by atoms with Gasteiger partial charge in [-0.05, 0) is 68.5 Å². The van der Waals surface area contributed by atoms with Gasteiger partial charge in [0.25, 0.3) is 0 Å². The lowest BCUT2D eigenvalue weighted by molar-refractivity contribution is -0.265. The highest BCUT2D eigenvalue weighted by molar-refractivity contribution is 9.11. The largest absolute Gasteiger partial charge is 0.491 e. The third-order valence-electron chi connectivity index (χ3n) is 7.19. The number of ether oxygens (including phenoxy) is 3. The van der Waals surface area contributed by atoms with Crippen LogP contribution < -0.4 is 9.47 Å². The van der Waals surface area contributed by atoms with Crippen molar-refractivity contribution in [3.05, 3.63) is 26.1 Å². The maximum Gasteiger partial charge on any atom is 0.317 e. The molecule has 2 aromatic rings. The van der Waals surface area contributed by atoms with Crippen molar-refractivity contribution < 1.29 is 34.3 Å². The summed E-state index contributed by atoms with van der Waals surface area (Å²) in [6.07, 6.45) is -3.07. The molecule has 1 amide bonds. The fraction of sp³-hybridized carbons (Fsp3) is 0.542. The molecule has 1 aliphatic heterocycles. The molecule has 2 heterocycles. The lowest BCUT2D eigenvalue weighted by Crippen LogP contribution is -2.60. The van der Waals surface area contributed by atoms with Gasteiger partial charge < -0.3 is 34.5 Å². The van der Waals surface area contributed by atoms with Crippen LogP contribution in [0.15, 0.2) is 26.4 Å². The Morgan fingerprint density at radius 3 is 2.50 bits per heavy atom. The average Bonchev–Trinajstić information content (AvgIpc) is 3.31. The van der Waals surface area contributed by atoms with E-state index < -0.39 is 36.6 Å². The summed E-state index contributed by atoms with van der Waals surface area (Å²) in [6.45, 7) is 0.565. The number of carbonyl (C=O) groups is 1. The number of hydrogen-bond acceptors (Lipinski definition) is 8. The molecular formula is C24H24Br2N2O8. The molecule has 5 rings (SSSR count). The average molecular weight is 628 g/mol. The summed E-state index contributed by atoms with van der Waals surface area (Å²) < 4.78 is 18.7. The summed E-state index contributed by atoms with van der Waals surface area (Å²) in [5.41, 5.74) is 0.675. The van der Waals surface area contributed by atoms with Crippen molar-refractivity contribution in [3.63, 3.8) is 0 Å². The third-order valence-corrected chi connectivity index (χ3v) is 8.53. The predicted molar refractivity (Wildman–Crippen MR) is 134 cm³/mol. The number of H-pyrrole nitrogens is 1. The highest BCUT2D eigenvalue weighted by Crippen LogP contribution is 2.53. The van der Waals surface area contributed by atoms with Crippen LogP contribution in [0.25, 0.3) is 10.9 Å². The number of aliphatic hydroxyl groups excluding tert-OH is 3. The van der Waals surface area contributed by atoms with Gasteiger partial charge in [-0.2, -0.15) is 0 Å². The number of aromatic amines is 1. The SMILES string of the molecule is O=NC(=O)[C@H]1O[C@@H](Oc2c[nH]c3cc(Br)c(OCC4[C@H]5CCC#CCC[C@@H]45)c(Br)c23)[C@H](O)[C@@H](O)[C@@H]1O. The number of amides is 1.